The lowest BCUT2D eigenvalue weighted by Gasteiger charge is -2.37. The molecule has 1 saturated carbocycles. The van der Waals surface area contributed by atoms with E-state index in [4.69, 9.17) is 5.11 Å². The molecule has 110 valence electrons. The van der Waals surface area contributed by atoms with Crippen LogP contribution in [0.4, 0.5) is 5.82 Å². The normalized spacial score (nSPS) is 14.7. The van der Waals surface area contributed by atoms with Gasteiger partial charge >= 0.3 is 0 Å². The summed E-state index contributed by atoms with van der Waals surface area (Å²) in [6.07, 6.45) is 5.91. The van der Waals surface area contributed by atoms with Crippen LogP contribution in [0.25, 0.3) is 0 Å². The summed E-state index contributed by atoms with van der Waals surface area (Å²) in [5.74, 6) is 0.723. The summed E-state index contributed by atoms with van der Waals surface area (Å²) in [7, 11) is 0. The van der Waals surface area contributed by atoms with Crippen LogP contribution in [0.2, 0.25) is 0 Å². The summed E-state index contributed by atoms with van der Waals surface area (Å²) >= 11 is 0. The Morgan fingerprint density at radius 1 is 1.55 bits per heavy atom. The maximum Gasteiger partial charge on any atom is 0.254 e. The molecule has 1 aliphatic carbocycles. The van der Waals surface area contributed by atoms with Crippen LogP contribution in [-0.4, -0.2) is 46.6 Å². The van der Waals surface area contributed by atoms with Crippen LogP contribution < -0.4 is 5.32 Å². The Bertz CT molecular complexity index is 446. The first-order chi connectivity index (χ1) is 9.76. The number of carbonyl (C=O) groups excluding carboxylic acids is 1. The predicted molar refractivity (Wildman–Crippen MR) is 78.8 cm³/mol. The second-order valence-electron chi connectivity index (χ2n) is 5.16. The van der Waals surface area contributed by atoms with Crippen LogP contribution in [0.3, 0.4) is 0 Å². The highest BCUT2D eigenvalue weighted by atomic mass is 16.3. The molecule has 1 amide bonds. The van der Waals surface area contributed by atoms with Gasteiger partial charge in [-0.2, -0.15) is 0 Å². The van der Waals surface area contributed by atoms with Crippen molar-refractivity contribution >= 4 is 11.7 Å². The minimum Gasteiger partial charge on any atom is -0.395 e. The number of nitrogens with one attached hydrogen (secondary N) is 1. The van der Waals surface area contributed by atoms with E-state index in [1.807, 2.05) is 0 Å². The van der Waals surface area contributed by atoms with Gasteiger partial charge in [0, 0.05) is 30.9 Å². The summed E-state index contributed by atoms with van der Waals surface area (Å²) in [5, 5.41) is 12.3. The van der Waals surface area contributed by atoms with Gasteiger partial charge in [0.15, 0.2) is 0 Å². The SMILES string of the molecule is CCCNc1cc(C(=O)N(CCO)C2CCC2)ccn1. The fourth-order valence-electron chi connectivity index (χ4n) is 2.34. The number of hydrogen-bond acceptors (Lipinski definition) is 4. The molecule has 0 atom stereocenters. The molecule has 1 fully saturated rings. The second-order valence-corrected chi connectivity index (χ2v) is 5.16. The first-order valence-electron chi connectivity index (χ1n) is 7.38. The van der Waals surface area contributed by atoms with Gasteiger partial charge in [-0.15, -0.1) is 0 Å². The molecule has 1 aliphatic rings. The van der Waals surface area contributed by atoms with E-state index in [2.05, 4.69) is 17.2 Å². The number of amides is 1. The zero-order valence-electron chi connectivity index (χ0n) is 12.0. The smallest absolute Gasteiger partial charge is 0.254 e. The van der Waals surface area contributed by atoms with Gasteiger partial charge in [0.05, 0.1) is 6.61 Å². The van der Waals surface area contributed by atoms with Gasteiger partial charge in [0.2, 0.25) is 0 Å². The van der Waals surface area contributed by atoms with Crippen molar-refractivity contribution in [3.8, 4) is 0 Å². The number of carbonyl (C=O) groups is 1. The molecular weight excluding hydrogens is 254 g/mol. The highest BCUT2D eigenvalue weighted by molar-refractivity contribution is 5.95. The topological polar surface area (TPSA) is 65.5 Å². The molecule has 5 nitrogen and oxygen atoms in total. The van der Waals surface area contributed by atoms with Crippen molar-refractivity contribution in [2.24, 2.45) is 0 Å². The number of aromatic nitrogens is 1. The maximum absolute atomic E-state index is 12.6. The average molecular weight is 277 g/mol. The van der Waals surface area contributed by atoms with Gasteiger partial charge in [-0.3, -0.25) is 4.79 Å². The molecule has 0 spiro atoms. The van der Waals surface area contributed by atoms with Crippen LogP contribution in [0.5, 0.6) is 0 Å². The van der Waals surface area contributed by atoms with E-state index >= 15 is 0 Å². The van der Waals surface area contributed by atoms with Gasteiger partial charge in [-0.25, -0.2) is 4.98 Å². The zero-order chi connectivity index (χ0) is 14.4. The molecule has 2 rings (SSSR count). The maximum atomic E-state index is 12.6. The van der Waals surface area contributed by atoms with Crippen LogP contribution in [-0.2, 0) is 0 Å². The van der Waals surface area contributed by atoms with Crippen molar-refractivity contribution in [3.63, 3.8) is 0 Å². The first-order valence-corrected chi connectivity index (χ1v) is 7.38. The Hall–Kier alpha value is -1.62. The lowest BCUT2D eigenvalue weighted by Crippen LogP contribution is -2.45. The molecule has 1 aromatic rings. The van der Waals surface area contributed by atoms with E-state index in [0.29, 0.717) is 12.1 Å². The number of anilines is 1. The van der Waals surface area contributed by atoms with E-state index in [-0.39, 0.29) is 18.6 Å². The van der Waals surface area contributed by atoms with E-state index in [9.17, 15) is 4.79 Å². The molecule has 5 heteroatoms. The molecule has 0 aliphatic heterocycles. The molecular formula is C15H23N3O2. The summed E-state index contributed by atoms with van der Waals surface area (Å²) < 4.78 is 0. The molecule has 0 radical (unpaired) electrons. The molecule has 1 heterocycles. The Labute approximate surface area is 120 Å². The fraction of sp³-hybridized carbons (Fsp3) is 0.600. The summed E-state index contributed by atoms with van der Waals surface area (Å²) in [6, 6.07) is 3.82. The second kappa shape index (κ2) is 7.24. The van der Waals surface area contributed by atoms with E-state index < -0.39 is 0 Å². The third-order valence-electron chi connectivity index (χ3n) is 3.68. The monoisotopic (exact) mass is 277 g/mol. The van der Waals surface area contributed by atoms with Crippen molar-refractivity contribution in [2.45, 2.75) is 38.6 Å². The Morgan fingerprint density at radius 3 is 2.95 bits per heavy atom. The quantitative estimate of drug-likeness (QED) is 0.799. The lowest BCUT2D eigenvalue weighted by molar-refractivity contribution is 0.0526. The molecule has 0 unspecified atom stereocenters. The van der Waals surface area contributed by atoms with Gasteiger partial charge < -0.3 is 15.3 Å². The van der Waals surface area contributed by atoms with Gasteiger partial charge in [0.1, 0.15) is 5.82 Å². The number of aliphatic hydroxyl groups excluding tert-OH is 1. The number of rotatable bonds is 7. The predicted octanol–water partition coefficient (Wildman–Crippen LogP) is 1.89. The zero-order valence-corrected chi connectivity index (χ0v) is 12.0. The van der Waals surface area contributed by atoms with Gasteiger partial charge in [-0.1, -0.05) is 6.92 Å². The van der Waals surface area contributed by atoms with Gasteiger partial charge in [-0.05, 0) is 37.8 Å². The summed E-state index contributed by atoms with van der Waals surface area (Å²) in [6.45, 7) is 3.34. The highest BCUT2D eigenvalue weighted by Crippen LogP contribution is 2.26. The Balaban J connectivity index is 2.09. The van der Waals surface area contributed by atoms with Crippen molar-refractivity contribution < 1.29 is 9.90 Å². The van der Waals surface area contributed by atoms with Crippen LogP contribution in [0, 0.1) is 0 Å². The number of aliphatic hydroxyl groups is 1. The van der Waals surface area contributed by atoms with Crippen molar-refractivity contribution in [1.82, 2.24) is 9.88 Å². The first kappa shape index (κ1) is 14.8. The van der Waals surface area contributed by atoms with E-state index in [0.717, 1.165) is 31.6 Å². The molecule has 0 bridgehead atoms. The third kappa shape index (κ3) is 3.48. The number of nitrogens with zero attached hydrogens (tertiary/aromatic N) is 2. The largest absolute Gasteiger partial charge is 0.395 e. The van der Waals surface area contributed by atoms with Crippen molar-refractivity contribution in [3.05, 3.63) is 23.9 Å². The van der Waals surface area contributed by atoms with Crippen LogP contribution in [0.15, 0.2) is 18.3 Å². The summed E-state index contributed by atoms with van der Waals surface area (Å²) in [5.41, 5.74) is 0.638. The average Bonchev–Trinajstić information content (AvgIpc) is 2.42. The Kier molecular flexibility index (Phi) is 5.35. The minimum absolute atomic E-state index is 0.00820. The fourth-order valence-corrected chi connectivity index (χ4v) is 2.34. The summed E-state index contributed by atoms with van der Waals surface area (Å²) in [4.78, 5) is 18.6. The van der Waals surface area contributed by atoms with E-state index in [1.54, 1.807) is 23.2 Å². The molecule has 0 saturated heterocycles. The standard InChI is InChI=1S/C15H23N3O2/c1-2-7-16-14-11-12(6-8-17-14)15(20)18(9-10-19)13-4-3-5-13/h6,8,11,13,19H,2-5,7,9-10H2,1H3,(H,16,17). The van der Waals surface area contributed by atoms with Crippen LogP contribution >= 0.6 is 0 Å². The molecule has 1 aromatic heterocycles. The number of hydrogen-bond donors (Lipinski definition) is 2. The highest BCUT2D eigenvalue weighted by Gasteiger charge is 2.29. The number of pyridine rings is 1. The molecule has 0 aromatic carbocycles. The van der Waals surface area contributed by atoms with Crippen molar-refractivity contribution in [1.29, 1.82) is 0 Å². The molecule has 20 heavy (non-hydrogen) atoms. The Morgan fingerprint density at radius 2 is 2.35 bits per heavy atom. The van der Waals surface area contributed by atoms with Crippen LogP contribution in [0.1, 0.15) is 43.0 Å². The lowest BCUT2D eigenvalue weighted by atomic mass is 9.91. The van der Waals surface area contributed by atoms with Gasteiger partial charge in [0.25, 0.3) is 5.91 Å². The minimum atomic E-state index is -0.00861. The third-order valence-corrected chi connectivity index (χ3v) is 3.68. The van der Waals surface area contributed by atoms with E-state index in [1.165, 1.54) is 6.42 Å². The van der Waals surface area contributed by atoms with Crippen molar-refractivity contribution in [2.75, 3.05) is 25.0 Å². The molecule has 2 N–H and O–H groups in total.